The van der Waals surface area contributed by atoms with Gasteiger partial charge < -0.3 is 29.8 Å². The number of carboxylic acids is 1. The quantitative estimate of drug-likeness (QED) is 0.251. The van der Waals surface area contributed by atoms with Gasteiger partial charge in [0.05, 0.1) is 0 Å². The van der Waals surface area contributed by atoms with Gasteiger partial charge in [0.2, 0.25) is 0 Å². The van der Waals surface area contributed by atoms with E-state index in [4.69, 9.17) is 24.7 Å². The number of esters is 3. The lowest BCUT2D eigenvalue weighted by atomic mass is 9.88. The molecular weight excluding hydrogens is 458 g/mol. The number of carboxylic acid groups (broad SMARTS) is 1. The molecule has 1 aliphatic carbocycles. The van der Waals surface area contributed by atoms with Crippen molar-refractivity contribution in [2.24, 2.45) is 0 Å². The van der Waals surface area contributed by atoms with Crippen molar-refractivity contribution < 1.29 is 43.2 Å². The molecule has 35 heavy (non-hydrogen) atoms. The van der Waals surface area contributed by atoms with Gasteiger partial charge in [-0.25, -0.2) is 4.79 Å². The van der Waals surface area contributed by atoms with E-state index in [9.17, 15) is 24.3 Å². The Morgan fingerprint density at radius 1 is 0.829 bits per heavy atom. The average Bonchev–Trinajstić information content (AvgIpc) is 2.79. The molecule has 0 spiro atoms. The first-order chi connectivity index (χ1) is 16.7. The maximum Gasteiger partial charge on any atom is 0.339 e. The monoisotopic (exact) mass is 493 g/mol. The van der Waals surface area contributed by atoms with Crippen LogP contribution in [0.2, 0.25) is 0 Å². The molecule has 2 rings (SSSR count). The highest BCUT2D eigenvalue weighted by atomic mass is 16.6. The lowest BCUT2D eigenvalue weighted by molar-refractivity contribution is -0.203. The molecule has 1 saturated carbocycles. The van der Waals surface area contributed by atoms with E-state index in [0.29, 0.717) is 19.3 Å². The summed E-state index contributed by atoms with van der Waals surface area (Å²) in [6.45, 7) is 5.48. The second-order valence-corrected chi connectivity index (χ2v) is 8.48. The molecule has 0 radical (unpaired) electrons. The van der Waals surface area contributed by atoms with E-state index < -0.39 is 48.3 Å². The summed E-state index contributed by atoms with van der Waals surface area (Å²) >= 11 is 0. The minimum Gasteiger partial charge on any atom is -0.485 e. The molecule has 0 bridgehead atoms. The molecule has 1 aromatic carbocycles. The van der Waals surface area contributed by atoms with Crippen LogP contribution in [0.5, 0.6) is 5.75 Å². The number of hydrogen-bond donors (Lipinski definition) is 2. The molecule has 1 fully saturated rings. The van der Waals surface area contributed by atoms with Crippen molar-refractivity contribution in [1.82, 2.24) is 0 Å². The first kappa shape index (κ1) is 27.9. The van der Waals surface area contributed by atoms with Crippen LogP contribution in [0.25, 0.3) is 0 Å². The highest BCUT2D eigenvalue weighted by Gasteiger charge is 2.47. The van der Waals surface area contributed by atoms with Crippen molar-refractivity contribution in [2.75, 3.05) is 5.73 Å². The van der Waals surface area contributed by atoms with Crippen LogP contribution in [0.3, 0.4) is 0 Å². The number of nitrogen functional groups attached to an aromatic ring is 1. The van der Waals surface area contributed by atoms with E-state index in [1.54, 1.807) is 0 Å². The van der Waals surface area contributed by atoms with E-state index in [2.05, 4.69) is 0 Å². The van der Waals surface area contributed by atoms with Gasteiger partial charge in [0.15, 0.2) is 12.2 Å². The van der Waals surface area contributed by atoms with E-state index in [1.807, 2.05) is 20.8 Å². The van der Waals surface area contributed by atoms with Crippen molar-refractivity contribution in [3.63, 3.8) is 0 Å². The maximum atomic E-state index is 12.5. The number of benzene rings is 1. The lowest BCUT2D eigenvalue weighted by Crippen LogP contribution is -2.56. The summed E-state index contributed by atoms with van der Waals surface area (Å²) in [7, 11) is 0. The fraction of sp³-hybridized carbons (Fsp3) is 0.600. The van der Waals surface area contributed by atoms with E-state index in [0.717, 1.165) is 0 Å². The third kappa shape index (κ3) is 8.15. The van der Waals surface area contributed by atoms with Crippen molar-refractivity contribution in [3.05, 3.63) is 23.8 Å². The van der Waals surface area contributed by atoms with E-state index in [1.165, 1.54) is 18.2 Å². The number of nitrogens with two attached hydrogens (primary N) is 1. The summed E-state index contributed by atoms with van der Waals surface area (Å²) in [5, 5.41) is 9.57. The zero-order valence-corrected chi connectivity index (χ0v) is 20.5. The molecule has 3 N–H and O–H groups in total. The summed E-state index contributed by atoms with van der Waals surface area (Å²) in [6, 6.07) is 4.19. The van der Waals surface area contributed by atoms with Gasteiger partial charge >= 0.3 is 23.9 Å². The molecule has 0 aromatic heterocycles. The van der Waals surface area contributed by atoms with Crippen LogP contribution in [0.4, 0.5) is 5.69 Å². The molecule has 10 heteroatoms. The first-order valence-corrected chi connectivity index (χ1v) is 12.1. The molecule has 0 unspecified atom stereocenters. The second-order valence-electron chi connectivity index (χ2n) is 8.48. The minimum atomic E-state index is -1.24. The Bertz CT molecular complexity index is 901. The Kier molecular flexibility index (Phi) is 10.8. The highest BCUT2D eigenvalue weighted by molar-refractivity contribution is 5.92. The Balaban J connectivity index is 2.41. The Hall–Kier alpha value is -3.30. The third-order valence-electron chi connectivity index (χ3n) is 5.48. The number of anilines is 1. The molecule has 194 valence electrons. The van der Waals surface area contributed by atoms with Crippen LogP contribution >= 0.6 is 0 Å². The predicted molar refractivity (Wildman–Crippen MR) is 126 cm³/mol. The number of hydrogen-bond acceptors (Lipinski definition) is 9. The zero-order valence-electron chi connectivity index (χ0n) is 20.5. The van der Waals surface area contributed by atoms with Crippen LogP contribution in [-0.2, 0) is 28.6 Å². The number of carbonyl (C=O) groups excluding carboxylic acids is 3. The Morgan fingerprint density at radius 3 is 1.83 bits per heavy atom. The molecule has 1 aromatic rings. The van der Waals surface area contributed by atoms with Crippen LogP contribution in [0, 0.1) is 0 Å². The molecule has 0 saturated heterocycles. The van der Waals surface area contributed by atoms with Gasteiger partial charge in [-0.05, 0) is 50.3 Å². The van der Waals surface area contributed by atoms with Crippen LogP contribution in [-0.4, -0.2) is 53.4 Å². The highest BCUT2D eigenvalue weighted by Crippen LogP contribution is 2.33. The number of carbonyl (C=O) groups is 4. The SMILES string of the molecule is CCCC(=O)O[C@@H]1[C@@H](OC(=O)CCC)[C@H](Oc2ccc(N)cc2C(=O)O)CC[C@H]1OC(=O)CCC. The maximum absolute atomic E-state index is 12.5. The van der Waals surface area contributed by atoms with Crippen molar-refractivity contribution in [1.29, 1.82) is 0 Å². The standard InChI is InChI=1S/C25H35NO9/c1-4-7-20(27)33-19-13-12-18(32-17-11-10-15(26)14-16(17)25(30)31)23(34-21(28)8-5-2)24(19)35-22(29)9-6-3/h10-11,14,18-19,23-24H,4-9,12-13,26H2,1-3H3,(H,30,31)/t18-,19-,23+,24+/m1/s1. The van der Waals surface area contributed by atoms with Gasteiger partial charge in [-0.15, -0.1) is 0 Å². The first-order valence-electron chi connectivity index (χ1n) is 12.1. The molecule has 1 aliphatic rings. The van der Waals surface area contributed by atoms with Gasteiger partial charge in [-0.2, -0.15) is 0 Å². The number of aromatic carboxylic acids is 1. The van der Waals surface area contributed by atoms with Gasteiger partial charge in [-0.1, -0.05) is 20.8 Å². The fourth-order valence-corrected chi connectivity index (χ4v) is 3.86. The molecule has 4 atom stereocenters. The summed E-state index contributed by atoms with van der Waals surface area (Å²) in [4.78, 5) is 48.9. The van der Waals surface area contributed by atoms with Crippen LogP contribution in [0.1, 0.15) is 82.5 Å². The van der Waals surface area contributed by atoms with Crippen LogP contribution in [0.15, 0.2) is 18.2 Å². The van der Waals surface area contributed by atoms with Gasteiger partial charge in [0.1, 0.15) is 23.5 Å². The normalized spacial score (nSPS) is 21.6. The molecule has 0 heterocycles. The smallest absolute Gasteiger partial charge is 0.339 e. The van der Waals surface area contributed by atoms with Crippen molar-refractivity contribution in [3.8, 4) is 5.75 Å². The molecule has 0 aliphatic heterocycles. The van der Waals surface area contributed by atoms with Crippen molar-refractivity contribution >= 4 is 29.6 Å². The third-order valence-corrected chi connectivity index (χ3v) is 5.48. The minimum absolute atomic E-state index is 0.0355. The zero-order chi connectivity index (χ0) is 26.0. The molecular formula is C25H35NO9. The average molecular weight is 494 g/mol. The second kappa shape index (κ2) is 13.6. The number of ether oxygens (including phenoxy) is 4. The Morgan fingerprint density at radius 2 is 1.31 bits per heavy atom. The fourth-order valence-electron chi connectivity index (χ4n) is 3.86. The van der Waals surface area contributed by atoms with Gasteiger partial charge in [0, 0.05) is 24.9 Å². The summed E-state index contributed by atoms with van der Waals surface area (Å²) in [5.74, 6) is -2.70. The number of rotatable bonds is 12. The van der Waals surface area contributed by atoms with Crippen molar-refractivity contribution in [2.45, 2.75) is 96.6 Å². The summed E-state index contributed by atoms with van der Waals surface area (Å²) < 4.78 is 23.0. The van der Waals surface area contributed by atoms with Gasteiger partial charge in [0.25, 0.3) is 0 Å². The summed E-state index contributed by atoms with van der Waals surface area (Å²) in [5.41, 5.74) is 5.82. The van der Waals surface area contributed by atoms with Gasteiger partial charge in [-0.3, -0.25) is 14.4 Å². The predicted octanol–water partition coefficient (Wildman–Crippen LogP) is 3.64. The Labute approximate surface area is 205 Å². The lowest BCUT2D eigenvalue weighted by Gasteiger charge is -2.41. The van der Waals surface area contributed by atoms with E-state index in [-0.39, 0.29) is 49.1 Å². The summed E-state index contributed by atoms with van der Waals surface area (Å²) in [6.07, 6.45) is -1.25. The topological polar surface area (TPSA) is 151 Å². The van der Waals surface area contributed by atoms with E-state index >= 15 is 0 Å². The molecule has 0 amide bonds. The molecule has 10 nitrogen and oxygen atoms in total. The van der Waals surface area contributed by atoms with Crippen LogP contribution < -0.4 is 10.5 Å². The largest absolute Gasteiger partial charge is 0.485 e.